The van der Waals surface area contributed by atoms with Crippen LogP contribution in [0.2, 0.25) is 0 Å². The van der Waals surface area contributed by atoms with Crippen LogP contribution in [0.1, 0.15) is 10.4 Å². The van der Waals surface area contributed by atoms with Crippen molar-refractivity contribution in [2.45, 2.75) is 0 Å². The van der Waals surface area contributed by atoms with Gasteiger partial charge in [0.2, 0.25) is 0 Å². The molecule has 0 spiro atoms. The Morgan fingerprint density at radius 3 is 2.26 bits per heavy atom. The van der Waals surface area contributed by atoms with E-state index in [1.54, 1.807) is 23.1 Å². The molecule has 0 saturated carbocycles. The van der Waals surface area contributed by atoms with Crippen molar-refractivity contribution in [3.63, 3.8) is 0 Å². The maximum atomic E-state index is 14.3. The van der Waals surface area contributed by atoms with Gasteiger partial charge >= 0.3 is 0 Å². The van der Waals surface area contributed by atoms with E-state index in [4.69, 9.17) is 10.5 Å². The van der Waals surface area contributed by atoms with Crippen LogP contribution in [0.5, 0.6) is 0 Å². The number of nitro benzene ring substituents is 1. The van der Waals surface area contributed by atoms with Gasteiger partial charge in [0.1, 0.15) is 5.82 Å². The molecule has 9 nitrogen and oxygen atoms in total. The molecule has 2 saturated heterocycles. The van der Waals surface area contributed by atoms with Crippen LogP contribution in [0.15, 0.2) is 36.4 Å². The zero-order valence-corrected chi connectivity index (χ0v) is 17.0. The van der Waals surface area contributed by atoms with Crippen molar-refractivity contribution in [2.24, 2.45) is 0 Å². The summed E-state index contributed by atoms with van der Waals surface area (Å²) in [6.07, 6.45) is 0. The van der Waals surface area contributed by atoms with Crippen LogP contribution in [-0.2, 0) is 4.74 Å². The van der Waals surface area contributed by atoms with E-state index in [1.807, 2.05) is 9.80 Å². The average Bonchev–Trinajstić information content (AvgIpc) is 2.79. The normalized spacial score (nSPS) is 17.0. The second kappa shape index (κ2) is 8.76. The zero-order valence-electron chi connectivity index (χ0n) is 17.0. The Morgan fingerprint density at radius 1 is 0.968 bits per heavy atom. The number of hydrogen-bond acceptors (Lipinski definition) is 7. The minimum Gasteiger partial charge on any atom is -0.399 e. The number of carbonyl (C=O) groups excluding carboxylic acids is 1. The van der Waals surface area contributed by atoms with Crippen molar-refractivity contribution in [3.05, 3.63) is 57.9 Å². The van der Waals surface area contributed by atoms with Crippen molar-refractivity contribution in [3.8, 4) is 0 Å². The number of piperazine rings is 1. The lowest BCUT2D eigenvalue weighted by molar-refractivity contribution is -0.384. The lowest BCUT2D eigenvalue weighted by Gasteiger charge is -2.37. The lowest BCUT2D eigenvalue weighted by Crippen LogP contribution is -2.49. The first-order valence-corrected chi connectivity index (χ1v) is 10.1. The number of anilines is 3. The number of ether oxygens (including phenoxy) is 1. The Balaban J connectivity index is 1.53. The van der Waals surface area contributed by atoms with Crippen LogP contribution in [0.3, 0.4) is 0 Å². The van der Waals surface area contributed by atoms with Gasteiger partial charge in [0.15, 0.2) is 0 Å². The highest BCUT2D eigenvalue weighted by Gasteiger charge is 2.28. The van der Waals surface area contributed by atoms with Crippen molar-refractivity contribution < 1.29 is 18.8 Å². The molecular formula is C21H24FN5O4. The molecular weight excluding hydrogens is 405 g/mol. The van der Waals surface area contributed by atoms with Gasteiger partial charge in [-0.15, -0.1) is 0 Å². The number of nitrogens with zero attached hydrogens (tertiary/aromatic N) is 4. The number of benzene rings is 2. The minimum absolute atomic E-state index is 0.122. The second-order valence-electron chi connectivity index (χ2n) is 7.55. The first-order chi connectivity index (χ1) is 14.9. The van der Waals surface area contributed by atoms with Crippen molar-refractivity contribution in [1.29, 1.82) is 0 Å². The van der Waals surface area contributed by atoms with Crippen LogP contribution in [0.25, 0.3) is 0 Å². The number of rotatable bonds is 4. The molecule has 0 aromatic heterocycles. The number of nitro groups is 1. The van der Waals surface area contributed by atoms with Gasteiger partial charge in [-0.2, -0.15) is 0 Å². The largest absolute Gasteiger partial charge is 0.399 e. The molecule has 2 aromatic carbocycles. The third-order valence-electron chi connectivity index (χ3n) is 5.65. The molecule has 0 aliphatic carbocycles. The summed E-state index contributed by atoms with van der Waals surface area (Å²) in [7, 11) is 0. The predicted octanol–water partition coefficient (Wildman–Crippen LogP) is 2.12. The number of carbonyl (C=O) groups is 1. The fraction of sp³-hybridized carbons (Fsp3) is 0.381. The highest BCUT2D eigenvalue weighted by atomic mass is 19.1. The molecule has 10 heteroatoms. The number of halogens is 1. The fourth-order valence-electron chi connectivity index (χ4n) is 3.99. The topological polar surface area (TPSA) is 105 Å². The van der Waals surface area contributed by atoms with E-state index in [2.05, 4.69) is 0 Å². The van der Waals surface area contributed by atoms with Gasteiger partial charge in [-0.05, 0) is 24.3 Å². The SMILES string of the molecule is Nc1ccc(N2CCN(C(=O)c3cc([N+](=O)[O-])ccc3N3CCOCC3)CC2)c(F)c1. The quantitative estimate of drug-likeness (QED) is 0.451. The summed E-state index contributed by atoms with van der Waals surface area (Å²) in [6.45, 7) is 3.97. The summed E-state index contributed by atoms with van der Waals surface area (Å²) in [4.78, 5) is 29.7. The Kier molecular flexibility index (Phi) is 5.90. The Hall–Kier alpha value is -3.40. The van der Waals surface area contributed by atoms with Gasteiger partial charge < -0.3 is 25.2 Å². The molecule has 0 unspecified atom stereocenters. The van der Waals surface area contributed by atoms with Crippen LogP contribution >= 0.6 is 0 Å². The smallest absolute Gasteiger partial charge is 0.270 e. The predicted molar refractivity (Wildman–Crippen MR) is 115 cm³/mol. The van der Waals surface area contributed by atoms with E-state index >= 15 is 0 Å². The third-order valence-corrected chi connectivity index (χ3v) is 5.65. The number of amides is 1. The van der Waals surface area contributed by atoms with E-state index < -0.39 is 10.7 Å². The molecule has 0 bridgehead atoms. The van der Waals surface area contributed by atoms with E-state index in [0.29, 0.717) is 75.1 Å². The van der Waals surface area contributed by atoms with E-state index in [9.17, 15) is 19.3 Å². The second-order valence-corrected chi connectivity index (χ2v) is 7.55. The first kappa shape index (κ1) is 20.9. The molecule has 2 aliphatic heterocycles. The summed E-state index contributed by atoms with van der Waals surface area (Å²) >= 11 is 0. The molecule has 2 aromatic rings. The van der Waals surface area contributed by atoms with Gasteiger partial charge in [0.05, 0.1) is 35.1 Å². The third kappa shape index (κ3) is 4.38. The summed E-state index contributed by atoms with van der Waals surface area (Å²) in [5, 5.41) is 11.3. The summed E-state index contributed by atoms with van der Waals surface area (Å²) in [6, 6.07) is 8.97. The molecule has 0 radical (unpaired) electrons. The summed E-state index contributed by atoms with van der Waals surface area (Å²) in [5.74, 6) is -0.657. The van der Waals surface area contributed by atoms with Crippen LogP contribution in [-0.4, -0.2) is 68.2 Å². The van der Waals surface area contributed by atoms with Crippen molar-refractivity contribution in [2.75, 3.05) is 68.0 Å². The zero-order chi connectivity index (χ0) is 22.0. The number of nitrogen functional groups attached to an aromatic ring is 1. The van der Waals surface area contributed by atoms with Gasteiger partial charge in [-0.25, -0.2) is 4.39 Å². The van der Waals surface area contributed by atoms with Crippen molar-refractivity contribution >= 4 is 28.7 Å². The summed E-state index contributed by atoms with van der Waals surface area (Å²) in [5.41, 5.74) is 7.29. The van der Waals surface area contributed by atoms with Crippen molar-refractivity contribution in [1.82, 2.24) is 4.90 Å². The summed E-state index contributed by atoms with van der Waals surface area (Å²) < 4.78 is 19.6. The average molecular weight is 429 g/mol. The molecule has 0 atom stereocenters. The Bertz CT molecular complexity index is 988. The van der Waals surface area contributed by atoms with Gasteiger partial charge in [0.25, 0.3) is 11.6 Å². The van der Waals surface area contributed by atoms with Crippen LogP contribution in [0, 0.1) is 15.9 Å². The van der Waals surface area contributed by atoms with Gasteiger partial charge in [-0.1, -0.05) is 0 Å². The molecule has 4 rings (SSSR count). The molecule has 2 N–H and O–H groups in total. The Morgan fingerprint density at radius 2 is 1.61 bits per heavy atom. The highest BCUT2D eigenvalue weighted by molar-refractivity contribution is 6.00. The number of hydrogen-bond donors (Lipinski definition) is 1. The van der Waals surface area contributed by atoms with Crippen LogP contribution < -0.4 is 15.5 Å². The number of nitrogens with two attached hydrogens (primary N) is 1. The van der Waals surface area contributed by atoms with E-state index in [0.717, 1.165) is 0 Å². The maximum absolute atomic E-state index is 14.3. The monoisotopic (exact) mass is 429 g/mol. The van der Waals surface area contributed by atoms with E-state index in [-0.39, 0.29) is 11.6 Å². The highest BCUT2D eigenvalue weighted by Crippen LogP contribution is 2.29. The minimum atomic E-state index is -0.498. The van der Waals surface area contributed by atoms with Crippen LogP contribution in [0.4, 0.5) is 27.1 Å². The van der Waals surface area contributed by atoms with Gasteiger partial charge in [-0.3, -0.25) is 14.9 Å². The molecule has 1 amide bonds. The van der Waals surface area contributed by atoms with E-state index in [1.165, 1.54) is 18.2 Å². The molecule has 2 heterocycles. The standard InChI is InChI=1S/C21H24FN5O4/c22-18-13-15(23)1-3-20(18)24-5-7-26(8-6-24)21(28)17-14-16(27(29)30)2-4-19(17)25-9-11-31-12-10-25/h1-4,13-14H,5-12,23H2. The molecule has 31 heavy (non-hydrogen) atoms. The molecule has 2 aliphatic rings. The number of morpholine rings is 1. The van der Waals surface area contributed by atoms with Gasteiger partial charge in [0, 0.05) is 57.1 Å². The number of non-ortho nitro benzene ring substituents is 1. The molecule has 164 valence electrons. The lowest BCUT2D eigenvalue weighted by atomic mass is 10.1. The Labute approximate surface area is 178 Å². The first-order valence-electron chi connectivity index (χ1n) is 10.1. The maximum Gasteiger partial charge on any atom is 0.270 e. The molecule has 2 fully saturated rings. The fourth-order valence-corrected chi connectivity index (χ4v) is 3.99.